The first-order chi connectivity index (χ1) is 18.8. The van der Waals surface area contributed by atoms with Crippen molar-refractivity contribution in [1.29, 1.82) is 0 Å². The van der Waals surface area contributed by atoms with E-state index in [1.165, 1.54) is 12.4 Å². The summed E-state index contributed by atoms with van der Waals surface area (Å²) in [5.74, 6) is -3.07. The third-order valence-electron chi connectivity index (χ3n) is 7.79. The number of aromatic nitrogens is 2. The van der Waals surface area contributed by atoms with Crippen molar-refractivity contribution in [1.82, 2.24) is 15.3 Å². The fourth-order valence-corrected chi connectivity index (χ4v) is 6.18. The Bertz CT molecular complexity index is 1520. The zero-order valence-corrected chi connectivity index (χ0v) is 23.1. The van der Waals surface area contributed by atoms with Gasteiger partial charge < -0.3 is 21.7 Å². The number of nitrogens with one attached hydrogen (secondary N) is 3. The Labute approximate surface area is 232 Å². The molecule has 208 valence electrons. The van der Waals surface area contributed by atoms with Crippen molar-refractivity contribution in [2.75, 3.05) is 10.6 Å². The molecule has 2 aliphatic heterocycles. The second-order valence-corrected chi connectivity index (χ2v) is 11.9. The number of fused-ring (bicyclic) bond motifs is 2. The molecule has 40 heavy (non-hydrogen) atoms. The lowest BCUT2D eigenvalue weighted by molar-refractivity contribution is -0.122. The Hall–Kier alpha value is -4.18. The fraction of sp³-hybridized carbons (Fsp3) is 0.367. The Morgan fingerprint density at radius 2 is 1.82 bits per heavy atom. The molecule has 0 radical (unpaired) electrons. The van der Waals surface area contributed by atoms with Gasteiger partial charge in [-0.1, -0.05) is 51.1 Å². The summed E-state index contributed by atoms with van der Waals surface area (Å²) in [7, 11) is 0. The maximum absolute atomic E-state index is 16.0. The quantitative estimate of drug-likeness (QED) is 0.386. The smallest absolute Gasteiger partial charge is 0.286 e. The maximum atomic E-state index is 16.0. The summed E-state index contributed by atoms with van der Waals surface area (Å²) >= 11 is 0. The molecule has 0 saturated carbocycles. The second-order valence-electron chi connectivity index (χ2n) is 11.9. The van der Waals surface area contributed by atoms with Gasteiger partial charge in [0.1, 0.15) is 11.2 Å². The van der Waals surface area contributed by atoms with Crippen LogP contribution in [0.15, 0.2) is 48.8 Å². The lowest BCUT2D eigenvalue weighted by Crippen LogP contribution is -2.49. The largest absolute Gasteiger partial charge is 0.363 e. The number of aryl methyl sites for hydroxylation is 2. The number of hydrogen-bond donors (Lipinski definition) is 4. The van der Waals surface area contributed by atoms with Gasteiger partial charge in [0.05, 0.1) is 24.1 Å². The van der Waals surface area contributed by atoms with Crippen molar-refractivity contribution in [3.05, 3.63) is 82.7 Å². The molecule has 4 atom stereocenters. The Kier molecular flexibility index (Phi) is 6.70. The molecule has 3 heterocycles. The van der Waals surface area contributed by atoms with Crippen LogP contribution in [0.2, 0.25) is 0 Å². The van der Waals surface area contributed by atoms with Crippen LogP contribution in [-0.4, -0.2) is 39.8 Å². The van der Waals surface area contributed by atoms with Crippen molar-refractivity contribution >= 4 is 29.1 Å². The lowest BCUT2D eigenvalue weighted by atomic mass is 9.62. The van der Waals surface area contributed by atoms with Crippen LogP contribution in [0.25, 0.3) is 0 Å². The lowest BCUT2D eigenvalue weighted by Gasteiger charge is -2.37. The molecule has 9 nitrogen and oxygen atoms in total. The van der Waals surface area contributed by atoms with Gasteiger partial charge in [0.25, 0.3) is 5.91 Å². The number of halogens is 1. The first-order valence-electron chi connectivity index (χ1n) is 13.2. The number of hydrogen-bond acceptors (Lipinski definition) is 6. The van der Waals surface area contributed by atoms with Gasteiger partial charge in [-0.05, 0) is 54.0 Å². The monoisotopic (exact) mass is 544 g/mol. The van der Waals surface area contributed by atoms with Crippen molar-refractivity contribution in [3.8, 4) is 0 Å². The Morgan fingerprint density at radius 3 is 2.48 bits per heavy atom. The average Bonchev–Trinajstić information content (AvgIpc) is 3.35. The maximum Gasteiger partial charge on any atom is 0.286 e. The normalized spacial score (nSPS) is 23.6. The number of nitrogens with zero attached hydrogens (tertiary/aromatic N) is 2. The molecule has 1 saturated heterocycles. The predicted octanol–water partition coefficient (Wildman–Crippen LogP) is 3.72. The van der Waals surface area contributed by atoms with Gasteiger partial charge in [-0.3, -0.25) is 14.4 Å². The molecule has 5 rings (SSSR count). The van der Waals surface area contributed by atoms with Crippen molar-refractivity contribution in [2.24, 2.45) is 11.1 Å². The van der Waals surface area contributed by atoms with Gasteiger partial charge in [0, 0.05) is 17.6 Å². The van der Waals surface area contributed by atoms with E-state index in [-0.39, 0.29) is 28.4 Å². The molecule has 5 N–H and O–H groups in total. The molecule has 1 spiro atoms. The number of rotatable bonds is 5. The van der Waals surface area contributed by atoms with Crippen molar-refractivity contribution in [3.63, 3.8) is 0 Å². The van der Waals surface area contributed by atoms with Crippen LogP contribution >= 0.6 is 0 Å². The zero-order chi connectivity index (χ0) is 29.0. The summed E-state index contributed by atoms with van der Waals surface area (Å²) in [5.41, 5.74) is 7.06. The van der Waals surface area contributed by atoms with E-state index in [2.05, 4.69) is 46.7 Å². The third kappa shape index (κ3) is 4.52. The number of nitrogens with two attached hydrogens (primary N) is 1. The van der Waals surface area contributed by atoms with Gasteiger partial charge in [0.15, 0.2) is 0 Å². The minimum absolute atomic E-state index is 0.185. The van der Waals surface area contributed by atoms with Gasteiger partial charge >= 0.3 is 0 Å². The number of anilines is 2. The molecule has 2 aromatic carbocycles. The van der Waals surface area contributed by atoms with Gasteiger partial charge in [0.2, 0.25) is 17.6 Å². The van der Waals surface area contributed by atoms with E-state index in [1.807, 2.05) is 25.1 Å². The molecule has 3 aromatic rings. The fourth-order valence-electron chi connectivity index (χ4n) is 6.18. The van der Waals surface area contributed by atoms with Gasteiger partial charge in [-0.2, -0.15) is 0 Å². The summed E-state index contributed by atoms with van der Waals surface area (Å²) in [5, 5.41) is 9.30. The second kappa shape index (κ2) is 9.78. The highest BCUT2D eigenvalue weighted by Gasteiger charge is 2.66. The Balaban J connectivity index is 1.69. The minimum atomic E-state index is -1.26. The molecular formula is C30H33FN6O3. The molecular weight excluding hydrogens is 511 g/mol. The molecule has 0 bridgehead atoms. The van der Waals surface area contributed by atoms with E-state index in [0.29, 0.717) is 17.7 Å². The molecule has 3 amide bonds. The van der Waals surface area contributed by atoms with Crippen molar-refractivity contribution < 1.29 is 18.8 Å². The van der Waals surface area contributed by atoms with E-state index in [0.717, 1.165) is 11.1 Å². The standard InChI is InChI=1S/C30H33FN6O3/c1-15-9-10-19-20(11-15)36-28(40)30(19)21(12-29(3,4)5)37-24(22(30)18-8-6-7-16(2)23(18)31)27(39)35-17-13-33-26(25(32)38)34-14-17/h6-11,13-14,21-22,24,37H,12H2,1-5H3,(H2,32,38)(H,35,39)(H,36,40)/t21?,22?,24-,30-/m1/s1. The summed E-state index contributed by atoms with van der Waals surface area (Å²) in [4.78, 5) is 47.3. The first-order valence-corrected chi connectivity index (χ1v) is 13.2. The first kappa shape index (κ1) is 27.4. The number of primary amides is 1. The molecule has 10 heteroatoms. The summed E-state index contributed by atoms with van der Waals surface area (Å²) < 4.78 is 16.0. The van der Waals surface area contributed by atoms with E-state index in [1.54, 1.807) is 25.1 Å². The number of benzene rings is 2. The minimum Gasteiger partial charge on any atom is -0.363 e. The summed E-state index contributed by atoms with van der Waals surface area (Å²) in [6.07, 6.45) is 3.10. The Morgan fingerprint density at radius 1 is 1.12 bits per heavy atom. The van der Waals surface area contributed by atoms with Crippen LogP contribution in [0.1, 0.15) is 66.0 Å². The van der Waals surface area contributed by atoms with Crippen LogP contribution in [-0.2, 0) is 15.0 Å². The molecule has 1 fully saturated rings. The number of carbonyl (C=O) groups excluding carboxylic acids is 3. The third-order valence-corrected chi connectivity index (χ3v) is 7.79. The molecule has 2 unspecified atom stereocenters. The van der Waals surface area contributed by atoms with Crippen molar-refractivity contribution in [2.45, 2.75) is 64.5 Å². The van der Waals surface area contributed by atoms with Gasteiger partial charge in [-0.25, -0.2) is 14.4 Å². The highest BCUT2D eigenvalue weighted by Crippen LogP contribution is 2.57. The molecule has 1 aromatic heterocycles. The zero-order valence-electron chi connectivity index (χ0n) is 23.1. The van der Waals surface area contributed by atoms with E-state index in [4.69, 9.17) is 5.73 Å². The number of carbonyl (C=O) groups is 3. The van der Waals surface area contributed by atoms with Gasteiger partial charge in [-0.15, -0.1) is 0 Å². The summed E-state index contributed by atoms with van der Waals surface area (Å²) in [6.45, 7) is 9.81. The van der Waals surface area contributed by atoms with Crippen LogP contribution in [0.5, 0.6) is 0 Å². The van der Waals surface area contributed by atoms with E-state index >= 15 is 4.39 Å². The summed E-state index contributed by atoms with van der Waals surface area (Å²) in [6, 6.07) is 9.33. The topological polar surface area (TPSA) is 139 Å². The SMILES string of the molecule is Cc1ccc2c(c1)NC(=O)[C@@]21C(CC(C)(C)C)N[C@@H](C(=O)Nc2cnc(C(N)=O)nc2)C1c1cccc(C)c1F. The van der Waals surface area contributed by atoms with Crippen LogP contribution in [0.4, 0.5) is 15.8 Å². The average molecular weight is 545 g/mol. The van der Waals surface area contributed by atoms with Crippen LogP contribution in [0, 0.1) is 25.1 Å². The predicted molar refractivity (Wildman–Crippen MR) is 149 cm³/mol. The van der Waals surface area contributed by atoms with Crippen LogP contribution < -0.4 is 21.7 Å². The van der Waals surface area contributed by atoms with E-state index in [9.17, 15) is 14.4 Å². The molecule has 0 aliphatic carbocycles. The van der Waals surface area contributed by atoms with E-state index < -0.39 is 41.0 Å². The molecule has 2 aliphatic rings. The highest BCUT2D eigenvalue weighted by atomic mass is 19.1. The number of amides is 3. The van der Waals surface area contributed by atoms with Crippen LogP contribution in [0.3, 0.4) is 0 Å². The highest BCUT2D eigenvalue weighted by molar-refractivity contribution is 6.10.